The zero-order valence-electron chi connectivity index (χ0n) is 18.9. The molecule has 14 heteroatoms. The Labute approximate surface area is 217 Å². The number of nitrogens with zero attached hydrogens (tertiary/aromatic N) is 4. The van der Waals surface area contributed by atoms with Crippen LogP contribution in [0.5, 0.6) is 5.75 Å². The Balaban J connectivity index is 1.50. The number of anilines is 1. The molecule has 2 amide bonds. The lowest BCUT2D eigenvalue weighted by atomic mass is 10.2. The summed E-state index contributed by atoms with van der Waals surface area (Å²) in [6.07, 6.45) is -3.02. The molecule has 0 saturated carbocycles. The van der Waals surface area contributed by atoms with Gasteiger partial charge in [-0.25, -0.2) is 4.98 Å². The van der Waals surface area contributed by atoms with Crippen molar-refractivity contribution in [3.05, 3.63) is 77.6 Å². The molecule has 0 aliphatic carbocycles. The average Bonchev–Trinajstić information content (AvgIpc) is 3.55. The first kappa shape index (κ1) is 26.2. The molecule has 2 heterocycles. The third kappa shape index (κ3) is 7.30. The number of halogens is 3. The Morgan fingerprint density at radius 1 is 1.05 bits per heavy atom. The van der Waals surface area contributed by atoms with E-state index >= 15 is 0 Å². The van der Waals surface area contributed by atoms with Crippen molar-refractivity contribution in [1.82, 2.24) is 25.1 Å². The molecule has 0 radical (unpaired) electrons. The highest BCUT2D eigenvalue weighted by Crippen LogP contribution is 2.31. The summed E-state index contributed by atoms with van der Waals surface area (Å²) in [5, 5.41) is 15.6. The van der Waals surface area contributed by atoms with Crippen molar-refractivity contribution in [3.8, 4) is 11.4 Å². The summed E-state index contributed by atoms with van der Waals surface area (Å²) in [6, 6.07) is 13.4. The maximum Gasteiger partial charge on any atom is 0.416 e. The van der Waals surface area contributed by atoms with E-state index in [1.807, 2.05) is 6.07 Å². The predicted molar refractivity (Wildman–Crippen MR) is 132 cm³/mol. The van der Waals surface area contributed by atoms with Crippen LogP contribution in [0.1, 0.15) is 11.4 Å². The van der Waals surface area contributed by atoms with Crippen LogP contribution < -0.4 is 15.4 Å². The van der Waals surface area contributed by atoms with E-state index in [0.717, 1.165) is 23.9 Å². The Morgan fingerprint density at radius 2 is 1.86 bits per heavy atom. The number of aromatic nitrogens is 4. The smallest absolute Gasteiger partial charge is 0.416 e. The van der Waals surface area contributed by atoms with Crippen molar-refractivity contribution >= 4 is 40.0 Å². The second-order valence-corrected chi connectivity index (χ2v) is 9.17. The highest BCUT2D eigenvalue weighted by Gasteiger charge is 2.31. The molecule has 2 aromatic heterocycles. The van der Waals surface area contributed by atoms with Crippen LogP contribution in [0.3, 0.4) is 0 Å². The van der Waals surface area contributed by atoms with Gasteiger partial charge in [0.2, 0.25) is 5.91 Å². The number of hydrogen-bond donors (Lipinski definition) is 2. The van der Waals surface area contributed by atoms with Gasteiger partial charge in [-0.15, -0.1) is 21.5 Å². The van der Waals surface area contributed by atoms with Crippen LogP contribution in [0.25, 0.3) is 5.69 Å². The number of thioether (sulfide) groups is 1. The Kier molecular flexibility index (Phi) is 8.40. The SMILES string of the molecule is O=C(COc1ccccc1)NCc1nnc(SCC(=O)Nc2nccs2)n1-c1cccc(C(F)(F)F)c1. The van der Waals surface area contributed by atoms with Gasteiger partial charge in [0.1, 0.15) is 5.75 Å². The number of alkyl halides is 3. The van der Waals surface area contributed by atoms with Gasteiger partial charge in [0, 0.05) is 11.6 Å². The van der Waals surface area contributed by atoms with Crippen LogP contribution in [0.2, 0.25) is 0 Å². The van der Waals surface area contributed by atoms with Crippen molar-refractivity contribution in [3.63, 3.8) is 0 Å². The highest BCUT2D eigenvalue weighted by atomic mass is 32.2. The van der Waals surface area contributed by atoms with E-state index in [1.54, 1.807) is 35.8 Å². The summed E-state index contributed by atoms with van der Waals surface area (Å²) in [5.41, 5.74) is -0.727. The minimum absolute atomic E-state index is 0.0893. The Bertz CT molecular complexity index is 1350. The highest BCUT2D eigenvalue weighted by molar-refractivity contribution is 7.99. The maximum atomic E-state index is 13.3. The molecule has 0 fully saturated rings. The quantitative estimate of drug-likeness (QED) is 0.286. The second-order valence-electron chi connectivity index (χ2n) is 7.33. The standard InChI is InChI=1S/C23H19F3N6O3S2/c24-23(25,26)15-5-4-6-16(11-15)32-18(12-28-19(33)13-35-17-7-2-1-3-8-17)30-31-22(32)37-14-20(34)29-21-27-9-10-36-21/h1-11H,12-14H2,(H,28,33)(H,27,29,34). The zero-order chi connectivity index (χ0) is 26.3. The molecule has 4 rings (SSSR count). The summed E-state index contributed by atoms with van der Waals surface area (Å²) in [4.78, 5) is 28.6. The van der Waals surface area contributed by atoms with Gasteiger partial charge in [0.05, 0.1) is 23.5 Å². The molecule has 0 bridgehead atoms. The molecule has 192 valence electrons. The normalized spacial score (nSPS) is 11.2. The number of para-hydroxylation sites is 1. The average molecular weight is 549 g/mol. The molecule has 4 aromatic rings. The molecule has 0 spiro atoms. The molecule has 0 saturated heterocycles. The van der Waals surface area contributed by atoms with Gasteiger partial charge >= 0.3 is 6.18 Å². The monoisotopic (exact) mass is 548 g/mol. The number of nitrogens with one attached hydrogen (secondary N) is 2. The fourth-order valence-electron chi connectivity index (χ4n) is 3.05. The predicted octanol–water partition coefficient (Wildman–Crippen LogP) is 4.17. The summed E-state index contributed by atoms with van der Waals surface area (Å²) in [7, 11) is 0. The fourth-order valence-corrected chi connectivity index (χ4v) is 4.37. The van der Waals surface area contributed by atoms with Gasteiger partial charge < -0.3 is 15.4 Å². The van der Waals surface area contributed by atoms with Gasteiger partial charge in [0.15, 0.2) is 22.7 Å². The summed E-state index contributed by atoms with van der Waals surface area (Å²) < 4.78 is 46.8. The molecule has 9 nitrogen and oxygen atoms in total. The van der Waals surface area contributed by atoms with Gasteiger partial charge in [-0.3, -0.25) is 14.2 Å². The van der Waals surface area contributed by atoms with Crippen LogP contribution in [-0.4, -0.2) is 43.9 Å². The van der Waals surface area contributed by atoms with E-state index < -0.39 is 17.6 Å². The fraction of sp³-hybridized carbons (Fsp3) is 0.174. The molecular weight excluding hydrogens is 529 g/mol. The van der Waals surface area contributed by atoms with Crippen molar-refractivity contribution < 1.29 is 27.5 Å². The van der Waals surface area contributed by atoms with Crippen LogP contribution in [0, 0.1) is 0 Å². The lowest BCUT2D eigenvalue weighted by molar-refractivity contribution is -0.137. The Hall–Kier alpha value is -3.91. The van der Waals surface area contributed by atoms with E-state index in [2.05, 4.69) is 25.8 Å². The molecular formula is C23H19F3N6O3S2. The van der Waals surface area contributed by atoms with Crippen LogP contribution in [0.15, 0.2) is 71.3 Å². The van der Waals surface area contributed by atoms with E-state index in [1.165, 1.54) is 28.0 Å². The second kappa shape index (κ2) is 11.9. The minimum atomic E-state index is -4.56. The number of benzene rings is 2. The molecule has 2 N–H and O–H groups in total. The third-order valence-electron chi connectivity index (χ3n) is 4.70. The van der Waals surface area contributed by atoms with Gasteiger partial charge in [-0.2, -0.15) is 13.2 Å². The molecule has 0 aliphatic heterocycles. The van der Waals surface area contributed by atoms with Gasteiger partial charge in [-0.05, 0) is 30.3 Å². The number of hydrogen-bond acceptors (Lipinski definition) is 8. The van der Waals surface area contributed by atoms with E-state index in [-0.39, 0.29) is 41.5 Å². The first-order valence-corrected chi connectivity index (χ1v) is 12.5. The summed E-state index contributed by atoms with van der Waals surface area (Å²) in [6.45, 7) is -0.396. The van der Waals surface area contributed by atoms with Crippen molar-refractivity contribution in [2.75, 3.05) is 17.7 Å². The lowest BCUT2D eigenvalue weighted by Gasteiger charge is -2.13. The number of ether oxygens (including phenoxy) is 1. The Morgan fingerprint density at radius 3 is 2.59 bits per heavy atom. The van der Waals surface area contributed by atoms with Gasteiger partial charge in [0.25, 0.3) is 5.91 Å². The van der Waals surface area contributed by atoms with Crippen LogP contribution in [-0.2, 0) is 22.3 Å². The largest absolute Gasteiger partial charge is 0.484 e. The maximum absolute atomic E-state index is 13.3. The molecule has 37 heavy (non-hydrogen) atoms. The number of carbonyl (C=O) groups excluding carboxylic acids is 2. The van der Waals surface area contributed by atoms with Gasteiger partial charge in [-0.1, -0.05) is 36.0 Å². The topological polar surface area (TPSA) is 111 Å². The number of rotatable bonds is 10. The van der Waals surface area contributed by atoms with Crippen molar-refractivity contribution in [2.45, 2.75) is 17.9 Å². The number of amides is 2. The van der Waals surface area contributed by atoms with Crippen molar-refractivity contribution in [1.29, 1.82) is 0 Å². The molecule has 0 unspecified atom stereocenters. The van der Waals surface area contributed by atoms with Crippen molar-refractivity contribution in [2.24, 2.45) is 0 Å². The summed E-state index contributed by atoms with van der Waals surface area (Å²) in [5.74, 6) is -0.228. The molecule has 0 aliphatic rings. The number of thiazole rings is 1. The lowest BCUT2D eigenvalue weighted by Crippen LogP contribution is -2.29. The van der Waals surface area contributed by atoms with E-state index in [9.17, 15) is 22.8 Å². The minimum Gasteiger partial charge on any atom is -0.484 e. The number of carbonyl (C=O) groups is 2. The van der Waals surface area contributed by atoms with Crippen LogP contribution >= 0.6 is 23.1 Å². The van der Waals surface area contributed by atoms with E-state index in [0.29, 0.717) is 10.9 Å². The third-order valence-corrected chi connectivity index (χ3v) is 6.32. The zero-order valence-corrected chi connectivity index (χ0v) is 20.6. The first-order valence-electron chi connectivity index (χ1n) is 10.7. The van der Waals surface area contributed by atoms with E-state index in [4.69, 9.17) is 4.74 Å². The summed E-state index contributed by atoms with van der Waals surface area (Å²) >= 11 is 2.23. The molecule has 0 atom stereocenters. The molecule has 2 aromatic carbocycles. The van der Waals surface area contributed by atoms with Crippen LogP contribution in [0.4, 0.5) is 18.3 Å². The first-order chi connectivity index (χ1) is 17.8.